The van der Waals surface area contributed by atoms with Gasteiger partial charge in [-0.15, -0.1) is 0 Å². The van der Waals surface area contributed by atoms with Gasteiger partial charge in [-0.2, -0.15) is 0 Å². The Morgan fingerprint density at radius 1 is 0.692 bits per heavy atom. The summed E-state index contributed by atoms with van der Waals surface area (Å²) in [5.41, 5.74) is 0. The predicted molar refractivity (Wildman–Crippen MR) is 71.8 cm³/mol. The minimum absolute atomic E-state index is 0. The van der Waals surface area contributed by atoms with Gasteiger partial charge in [-0.3, -0.25) is 9.59 Å². The van der Waals surface area contributed by atoms with E-state index in [2.05, 4.69) is 20.1 Å². The van der Waals surface area contributed by atoms with Crippen LogP contribution in [-0.2, 0) is 28.7 Å². The summed E-state index contributed by atoms with van der Waals surface area (Å²) in [6.45, 7) is -1.83. The van der Waals surface area contributed by atoms with E-state index in [1.807, 2.05) is 0 Å². The van der Waals surface area contributed by atoms with E-state index in [0.29, 0.717) is 0 Å². The van der Waals surface area contributed by atoms with Gasteiger partial charge in [0, 0.05) is 13.1 Å². The molecule has 0 rings (SSSR count). The van der Waals surface area contributed by atoms with E-state index in [1.54, 1.807) is 0 Å². The van der Waals surface area contributed by atoms with Crippen molar-refractivity contribution in [2.24, 2.45) is 0 Å². The molecule has 4 N–H and O–H groups in total. The van der Waals surface area contributed by atoms with Crippen LogP contribution in [0.2, 0.25) is 0 Å². The van der Waals surface area contributed by atoms with Crippen molar-refractivity contribution in [2.75, 3.05) is 52.6 Å². The first-order chi connectivity index (χ1) is 11.3. The van der Waals surface area contributed by atoms with Crippen LogP contribution in [0.1, 0.15) is 0 Å². The van der Waals surface area contributed by atoms with Crippen molar-refractivity contribution in [1.82, 2.24) is 10.6 Å². The minimum atomic E-state index is -1.29. The molecule has 0 heterocycles. The van der Waals surface area contributed by atoms with Crippen LogP contribution < -0.4 is 124 Å². The number of carboxylic acids is 2. The first-order valence-corrected chi connectivity index (χ1v) is 6.67. The fourth-order valence-corrected chi connectivity index (χ4v) is 0.954. The van der Waals surface area contributed by atoms with E-state index >= 15 is 0 Å². The van der Waals surface area contributed by atoms with Crippen LogP contribution in [0.5, 0.6) is 0 Å². The smallest absolute Gasteiger partial charge is 0.549 e. The number of carboxylic acid groups (broad SMARTS) is 2. The van der Waals surface area contributed by atoms with Crippen molar-refractivity contribution in [1.29, 1.82) is 0 Å². The Bertz CT molecular complexity index is 362. The average molecular weight is 430 g/mol. The third-order valence-electron chi connectivity index (χ3n) is 1.79. The zero-order valence-corrected chi connectivity index (χ0v) is 21.1. The normalized spacial score (nSPS) is 8.69. The topological polar surface area (TPSA) is 197 Å². The molecule has 0 amide bonds. The van der Waals surface area contributed by atoms with E-state index in [0.717, 1.165) is 0 Å². The maximum absolute atomic E-state index is 10.6. The van der Waals surface area contributed by atoms with Crippen molar-refractivity contribution < 1.29 is 152 Å². The second kappa shape index (κ2) is 26.0. The van der Waals surface area contributed by atoms with Gasteiger partial charge in [-0.05, 0) is 0 Å². The van der Waals surface area contributed by atoms with Gasteiger partial charge in [0.1, 0.15) is 13.2 Å². The number of carbonyl (C=O) groups excluding carboxylic acids is 4. The van der Waals surface area contributed by atoms with Crippen molar-refractivity contribution in [3.8, 4) is 0 Å². The largest absolute Gasteiger partial charge is 1.00 e. The molecule has 0 unspecified atom stereocenters. The number of nitrogens with one attached hydrogen (secondary N) is 2. The second-order valence-electron chi connectivity index (χ2n) is 3.84. The zero-order valence-electron chi connectivity index (χ0n) is 14.8. The predicted octanol–water partition coefficient (Wildman–Crippen LogP) is -12.3. The van der Waals surface area contributed by atoms with Gasteiger partial charge in [0.05, 0.1) is 38.2 Å². The minimum Gasteiger partial charge on any atom is -0.549 e. The molecule has 0 aliphatic heterocycles. The molecule has 0 saturated carbocycles. The van der Waals surface area contributed by atoms with Crippen LogP contribution in [0.4, 0.5) is 0 Å². The number of aliphatic hydroxyl groups is 2. The Hall–Kier alpha value is 0.993. The van der Waals surface area contributed by atoms with Crippen LogP contribution >= 0.6 is 0 Å². The standard InChI is InChI=1S/2C6H11NO5.2K/c2*8-1-2-12-6(11)4-7-3-5(9)10;;/h2*7-8H,1-4H2,(H,9,10);;/q;;2*+1/p-2. The molecule has 0 spiro atoms. The van der Waals surface area contributed by atoms with Gasteiger partial charge in [0.2, 0.25) is 0 Å². The molecule has 0 saturated heterocycles. The van der Waals surface area contributed by atoms with Crippen molar-refractivity contribution in [3.05, 3.63) is 0 Å². The quantitative estimate of drug-likeness (QED) is 0.169. The number of aliphatic hydroxyl groups excluding tert-OH is 2. The summed E-state index contributed by atoms with van der Waals surface area (Å²) in [5, 5.41) is 40.7. The van der Waals surface area contributed by atoms with Crippen LogP contribution in [0.15, 0.2) is 0 Å². The molecule has 0 bridgehead atoms. The van der Waals surface area contributed by atoms with Crippen LogP contribution in [0, 0.1) is 0 Å². The van der Waals surface area contributed by atoms with Crippen LogP contribution in [-0.4, -0.2) is 86.7 Å². The second-order valence-corrected chi connectivity index (χ2v) is 3.84. The van der Waals surface area contributed by atoms with Crippen molar-refractivity contribution in [2.45, 2.75) is 0 Å². The fraction of sp³-hybridized carbons (Fsp3) is 0.667. The Labute approximate surface area is 235 Å². The monoisotopic (exact) mass is 430 g/mol. The summed E-state index contributed by atoms with van der Waals surface area (Å²) < 4.78 is 8.82. The number of carbonyl (C=O) groups is 4. The first-order valence-electron chi connectivity index (χ1n) is 6.67. The maximum atomic E-state index is 10.6. The number of aliphatic carboxylic acids is 2. The van der Waals surface area contributed by atoms with E-state index in [-0.39, 0.29) is 142 Å². The summed E-state index contributed by atoms with van der Waals surface area (Å²) in [5.74, 6) is -3.79. The number of ether oxygens (including phenoxy) is 2. The molecule has 0 aromatic rings. The summed E-state index contributed by atoms with van der Waals surface area (Å²) >= 11 is 0. The van der Waals surface area contributed by atoms with Gasteiger partial charge < -0.3 is 50.1 Å². The summed E-state index contributed by atoms with van der Waals surface area (Å²) in [6.07, 6.45) is 0. The summed E-state index contributed by atoms with van der Waals surface area (Å²) in [4.78, 5) is 40.8. The van der Waals surface area contributed by atoms with Crippen molar-refractivity contribution >= 4 is 23.9 Å². The van der Waals surface area contributed by atoms with E-state index in [9.17, 15) is 29.4 Å². The maximum Gasteiger partial charge on any atom is 1.00 e. The molecule has 26 heavy (non-hydrogen) atoms. The molecule has 12 nitrogen and oxygen atoms in total. The molecule has 14 heteroatoms. The molecule has 140 valence electrons. The summed E-state index contributed by atoms with van der Waals surface area (Å²) in [6, 6.07) is 0. The molecule has 0 atom stereocenters. The average Bonchev–Trinajstić information content (AvgIpc) is 2.50. The van der Waals surface area contributed by atoms with E-state index < -0.39 is 37.0 Å². The molecule has 0 aromatic carbocycles. The fourth-order valence-electron chi connectivity index (χ4n) is 0.954. The number of hydrogen-bond acceptors (Lipinski definition) is 12. The number of rotatable bonds is 12. The van der Waals surface area contributed by atoms with Crippen LogP contribution in [0.25, 0.3) is 0 Å². The van der Waals surface area contributed by atoms with E-state index in [4.69, 9.17) is 10.2 Å². The van der Waals surface area contributed by atoms with Gasteiger partial charge >= 0.3 is 115 Å². The van der Waals surface area contributed by atoms with Crippen molar-refractivity contribution in [3.63, 3.8) is 0 Å². The van der Waals surface area contributed by atoms with Gasteiger partial charge in [-0.25, -0.2) is 0 Å². The molecule has 0 aliphatic carbocycles. The zero-order chi connectivity index (χ0) is 18.8. The Kier molecular flexibility index (Phi) is 34.5. The Morgan fingerprint density at radius 3 is 1.23 bits per heavy atom. The van der Waals surface area contributed by atoms with Crippen LogP contribution in [0.3, 0.4) is 0 Å². The molecular weight excluding hydrogens is 410 g/mol. The molecule has 0 aromatic heterocycles. The Morgan fingerprint density at radius 2 is 1.00 bits per heavy atom. The molecule has 0 radical (unpaired) electrons. The number of hydrogen-bond donors (Lipinski definition) is 4. The third-order valence-corrected chi connectivity index (χ3v) is 1.79. The number of esters is 2. The molecule has 0 aliphatic rings. The Balaban J connectivity index is -0.000000173. The van der Waals surface area contributed by atoms with Gasteiger partial charge in [-0.1, -0.05) is 0 Å². The van der Waals surface area contributed by atoms with E-state index in [1.165, 1.54) is 0 Å². The van der Waals surface area contributed by atoms with Gasteiger partial charge in [0.15, 0.2) is 0 Å². The molecule has 0 fully saturated rings. The SMILES string of the molecule is O=C([O-])CNCC(=O)OCCO.O=C([O-])CNCC(=O)OCCO.[K+].[K+]. The summed E-state index contributed by atoms with van der Waals surface area (Å²) in [7, 11) is 0. The van der Waals surface area contributed by atoms with Gasteiger partial charge in [0.25, 0.3) is 0 Å². The molecular formula is C12H20K2N2O10. The first kappa shape index (κ1) is 34.5. The third kappa shape index (κ3) is 32.6.